The monoisotopic (exact) mass is 779 g/mol. The van der Waals surface area contributed by atoms with E-state index in [9.17, 15) is 49.1 Å². The van der Waals surface area contributed by atoms with Crippen molar-refractivity contribution in [2.45, 2.75) is 14.7 Å². The van der Waals surface area contributed by atoms with Gasteiger partial charge in [-0.05, 0) is 77.5 Å². The first-order chi connectivity index (χ1) is 24.8. The van der Waals surface area contributed by atoms with E-state index in [2.05, 4.69) is 25.8 Å². The normalized spacial score (nSPS) is 12.7. The molecule has 0 fully saturated rings. The second kappa shape index (κ2) is 13.4. The molecular weight excluding hydrogens is 755 g/mol. The fourth-order valence-electron chi connectivity index (χ4n) is 5.31. The van der Waals surface area contributed by atoms with Gasteiger partial charge in [0.15, 0.2) is 11.5 Å². The predicted molar refractivity (Wildman–Crippen MR) is 194 cm³/mol. The van der Waals surface area contributed by atoms with Crippen LogP contribution in [-0.2, 0) is 30.4 Å². The van der Waals surface area contributed by atoms with Crippen LogP contribution in [-0.4, -0.2) is 49.1 Å². The van der Waals surface area contributed by atoms with Crippen LogP contribution in [0.25, 0.3) is 21.5 Å². The molecule has 21 heteroatoms. The SMILES string of the molecule is Nc1cccc2cc(S(=O)(=O)O)c(N=Nc3ccc(Nc4ccc(N=Nc5c(S(=O)(=O)O)cc6cccc(N)c6c5O)cc4S(=O)(=O)O)cc3)c(O)c12. The van der Waals surface area contributed by atoms with Crippen LogP contribution >= 0.6 is 0 Å². The van der Waals surface area contributed by atoms with Gasteiger partial charge in [0, 0.05) is 27.8 Å². The maximum absolute atomic E-state index is 12.4. The smallest absolute Gasteiger partial charge is 0.296 e. The minimum absolute atomic E-state index is 0.0272. The summed E-state index contributed by atoms with van der Waals surface area (Å²) in [6.45, 7) is 0. The van der Waals surface area contributed by atoms with Gasteiger partial charge in [-0.15, -0.1) is 10.2 Å². The number of fused-ring (bicyclic) bond motifs is 2. The van der Waals surface area contributed by atoms with Crippen LogP contribution < -0.4 is 16.8 Å². The lowest BCUT2D eigenvalue weighted by molar-refractivity contribution is 0.472. The van der Waals surface area contributed by atoms with E-state index in [-0.39, 0.29) is 55.7 Å². The lowest BCUT2D eigenvalue weighted by Gasteiger charge is -2.12. The molecule has 0 saturated carbocycles. The first-order valence-corrected chi connectivity index (χ1v) is 19.0. The zero-order valence-corrected chi connectivity index (χ0v) is 29.0. The zero-order valence-electron chi connectivity index (χ0n) is 26.5. The van der Waals surface area contributed by atoms with Crippen LogP contribution in [0.1, 0.15) is 0 Å². The highest BCUT2D eigenvalue weighted by atomic mass is 32.2. The summed E-state index contributed by atoms with van der Waals surface area (Å²) < 4.78 is 103. The number of benzene rings is 6. The van der Waals surface area contributed by atoms with E-state index in [4.69, 9.17) is 11.5 Å². The summed E-state index contributed by atoms with van der Waals surface area (Å²) in [5.74, 6) is -1.35. The molecule has 0 unspecified atom stereocenters. The minimum Gasteiger partial charge on any atom is -0.505 e. The van der Waals surface area contributed by atoms with Gasteiger partial charge in [0.2, 0.25) is 0 Å². The molecule has 0 aliphatic heterocycles. The maximum atomic E-state index is 12.4. The summed E-state index contributed by atoms with van der Waals surface area (Å²) in [6, 6.07) is 19.9. The summed E-state index contributed by atoms with van der Waals surface area (Å²) in [5, 5.41) is 40.3. The van der Waals surface area contributed by atoms with Crippen LogP contribution in [0.3, 0.4) is 0 Å². The van der Waals surface area contributed by atoms with Crippen molar-refractivity contribution < 1.29 is 49.1 Å². The van der Waals surface area contributed by atoms with Crippen molar-refractivity contribution in [3.63, 3.8) is 0 Å². The van der Waals surface area contributed by atoms with Crippen molar-refractivity contribution in [1.82, 2.24) is 0 Å². The number of rotatable bonds is 9. The minimum atomic E-state index is -4.94. The number of nitrogens with zero attached hydrogens (tertiary/aromatic N) is 4. The molecule has 6 aromatic rings. The van der Waals surface area contributed by atoms with E-state index in [1.54, 1.807) is 0 Å². The van der Waals surface area contributed by atoms with Crippen LogP contribution in [0, 0.1) is 0 Å². The molecule has 0 saturated heterocycles. The summed E-state index contributed by atoms with van der Waals surface area (Å²) in [5.41, 5.74) is 10.9. The molecule has 0 aliphatic carbocycles. The highest BCUT2D eigenvalue weighted by Gasteiger charge is 2.25. The topological polar surface area (TPSA) is 317 Å². The van der Waals surface area contributed by atoms with Crippen molar-refractivity contribution in [3.8, 4) is 11.5 Å². The number of aromatic hydroxyl groups is 2. The second-order valence-corrected chi connectivity index (χ2v) is 15.4. The van der Waals surface area contributed by atoms with E-state index in [1.807, 2.05) is 0 Å². The molecule has 0 aliphatic rings. The van der Waals surface area contributed by atoms with Gasteiger partial charge in [0.05, 0.1) is 17.1 Å². The number of azo groups is 2. The number of hydrogen-bond donors (Lipinski definition) is 8. The summed E-state index contributed by atoms with van der Waals surface area (Å²) >= 11 is 0. The van der Waals surface area contributed by atoms with Gasteiger partial charge in [0.1, 0.15) is 26.1 Å². The van der Waals surface area contributed by atoms with E-state index >= 15 is 0 Å². The van der Waals surface area contributed by atoms with Crippen LogP contribution in [0.5, 0.6) is 11.5 Å². The van der Waals surface area contributed by atoms with E-state index in [0.29, 0.717) is 0 Å². The molecule has 18 nitrogen and oxygen atoms in total. The number of hydrogen-bond acceptors (Lipinski definition) is 15. The molecule has 6 rings (SSSR count). The average molecular weight is 780 g/mol. The van der Waals surface area contributed by atoms with Gasteiger partial charge in [-0.2, -0.15) is 35.5 Å². The van der Waals surface area contributed by atoms with Crippen molar-refractivity contribution in [2.24, 2.45) is 20.5 Å². The lowest BCUT2D eigenvalue weighted by Crippen LogP contribution is -2.03. The van der Waals surface area contributed by atoms with Crippen molar-refractivity contribution in [3.05, 3.63) is 91.0 Å². The number of nitrogen functional groups attached to an aromatic ring is 2. The Morgan fingerprint density at radius 2 is 0.943 bits per heavy atom. The number of anilines is 4. The Bertz CT molecular complexity index is 2880. The first-order valence-electron chi connectivity index (χ1n) is 14.7. The Kier molecular flexibility index (Phi) is 9.24. The number of nitrogens with two attached hydrogens (primary N) is 2. The van der Waals surface area contributed by atoms with Crippen molar-refractivity contribution >= 4 is 97.4 Å². The van der Waals surface area contributed by atoms with Gasteiger partial charge < -0.3 is 27.0 Å². The summed E-state index contributed by atoms with van der Waals surface area (Å²) in [6.07, 6.45) is 0. The van der Waals surface area contributed by atoms with Crippen molar-refractivity contribution in [1.29, 1.82) is 0 Å². The molecular formula is C32H25N7O11S3. The fraction of sp³-hybridized carbons (Fsp3) is 0. The second-order valence-electron chi connectivity index (χ2n) is 11.2. The third kappa shape index (κ3) is 7.41. The maximum Gasteiger partial charge on any atom is 0.296 e. The third-order valence-corrected chi connectivity index (χ3v) is 10.3. The summed E-state index contributed by atoms with van der Waals surface area (Å²) in [7, 11) is -14.7. The van der Waals surface area contributed by atoms with Crippen LogP contribution in [0.2, 0.25) is 0 Å². The molecule has 0 atom stereocenters. The molecule has 0 bridgehead atoms. The predicted octanol–water partition coefficient (Wildman–Crippen LogP) is 6.88. The Labute approximate surface area is 300 Å². The quantitative estimate of drug-likeness (QED) is 0.0421. The number of nitrogens with one attached hydrogen (secondary N) is 1. The average Bonchev–Trinajstić information content (AvgIpc) is 3.07. The Morgan fingerprint density at radius 1 is 0.509 bits per heavy atom. The van der Waals surface area contributed by atoms with Gasteiger partial charge in [0.25, 0.3) is 30.4 Å². The lowest BCUT2D eigenvalue weighted by atomic mass is 10.1. The van der Waals surface area contributed by atoms with E-state index in [0.717, 1.165) is 18.2 Å². The fourth-order valence-corrected chi connectivity index (χ4v) is 7.30. The molecule has 53 heavy (non-hydrogen) atoms. The Hall–Kier alpha value is -6.23. The zero-order chi connectivity index (χ0) is 38.5. The Balaban J connectivity index is 1.30. The molecule has 0 spiro atoms. The van der Waals surface area contributed by atoms with Gasteiger partial charge >= 0.3 is 0 Å². The van der Waals surface area contributed by atoms with Crippen LogP contribution in [0.4, 0.5) is 45.5 Å². The molecule has 10 N–H and O–H groups in total. The molecule has 272 valence electrons. The largest absolute Gasteiger partial charge is 0.505 e. The Morgan fingerprint density at radius 3 is 1.40 bits per heavy atom. The number of phenols is 2. The van der Waals surface area contributed by atoms with E-state index in [1.165, 1.54) is 72.8 Å². The highest BCUT2D eigenvalue weighted by Crippen LogP contribution is 2.45. The standard InChI is InChI=1S/C32H25N7O11S3/c33-21-5-1-3-16-13-25(52(45,46)47)29(31(40)27(16)21)38-36-19-9-7-18(8-10-19)35-23-12-11-20(15-24(23)51(42,43)44)37-39-30-26(53(48,49)50)14-17-4-2-6-22(34)28(17)32(30)41/h1-15,35,40-41H,33-34H2,(H,42,43,44)(H,45,46,47)(H,48,49,50). The van der Waals surface area contributed by atoms with Crippen LogP contribution in [0.15, 0.2) is 126 Å². The molecule has 0 heterocycles. The van der Waals surface area contributed by atoms with Gasteiger partial charge in [-0.25, -0.2) is 0 Å². The molecule has 0 aromatic heterocycles. The highest BCUT2D eigenvalue weighted by molar-refractivity contribution is 7.86. The van der Waals surface area contributed by atoms with Gasteiger partial charge in [-0.3, -0.25) is 13.7 Å². The first kappa shape index (κ1) is 36.6. The summed E-state index contributed by atoms with van der Waals surface area (Å²) in [4.78, 5) is -2.19. The van der Waals surface area contributed by atoms with Crippen molar-refractivity contribution in [2.75, 3.05) is 16.8 Å². The third-order valence-electron chi connectivity index (χ3n) is 7.70. The van der Waals surface area contributed by atoms with E-state index < -0.39 is 67.9 Å². The molecule has 0 radical (unpaired) electrons. The number of phenolic OH excluding ortho intramolecular Hbond substituents is 2. The molecule has 0 amide bonds. The van der Waals surface area contributed by atoms with Gasteiger partial charge in [-0.1, -0.05) is 24.3 Å². The molecule has 6 aromatic carbocycles.